The van der Waals surface area contributed by atoms with E-state index in [1.165, 1.54) is 25.7 Å². The van der Waals surface area contributed by atoms with Crippen molar-refractivity contribution in [2.75, 3.05) is 6.54 Å². The van der Waals surface area contributed by atoms with Crippen LogP contribution in [0.5, 0.6) is 0 Å². The highest BCUT2D eigenvalue weighted by Crippen LogP contribution is 2.10. The highest BCUT2D eigenvalue weighted by atomic mass is 32.1. The lowest BCUT2D eigenvalue weighted by Gasteiger charge is -2.18. The number of hydrogen-bond acceptors (Lipinski definition) is 1. The summed E-state index contributed by atoms with van der Waals surface area (Å²) in [6, 6.07) is 0.417. The predicted molar refractivity (Wildman–Crippen MR) is 72.2 cm³/mol. The fourth-order valence-electron chi connectivity index (χ4n) is 1.49. The maximum atomic E-state index is 5.19. The Morgan fingerprint density at radius 1 is 1.27 bits per heavy atom. The maximum absolute atomic E-state index is 5.19. The molecule has 0 fully saturated rings. The molecule has 1 atom stereocenters. The fourth-order valence-corrected chi connectivity index (χ4v) is 1.81. The smallest absolute Gasteiger partial charge is 0.166 e. The van der Waals surface area contributed by atoms with E-state index in [9.17, 15) is 0 Å². The van der Waals surface area contributed by atoms with Crippen LogP contribution in [0.25, 0.3) is 0 Å². The number of hydrogen-bond donors (Lipinski definition) is 2. The van der Waals surface area contributed by atoms with Crippen LogP contribution in [0.15, 0.2) is 0 Å². The van der Waals surface area contributed by atoms with Gasteiger partial charge in [0.25, 0.3) is 0 Å². The van der Waals surface area contributed by atoms with Gasteiger partial charge in [0.2, 0.25) is 0 Å². The molecule has 0 rings (SSSR count). The predicted octanol–water partition coefficient (Wildman–Crippen LogP) is 3.08. The van der Waals surface area contributed by atoms with Crippen molar-refractivity contribution in [2.45, 2.75) is 59.4 Å². The van der Waals surface area contributed by atoms with E-state index < -0.39 is 0 Å². The van der Waals surface area contributed by atoms with Crippen LogP contribution in [0.1, 0.15) is 53.4 Å². The first-order chi connectivity index (χ1) is 7.10. The molecule has 0 aliphatic rings. The van der Waals surface area contributed by atoms with Gasteiger partial charge in [0, 0.05) is 12.6 Å². The lowest BCUT2D eigenvalue weighted by atomic mass is 9.99. The van der Waals surface area contributed by atoms with E-state index in [0.717, 1.165) is 17.6 Å². The summed E-state index contributed by atoms with van der Waals surface area (Å²) in [4.78, 5) is 0. The first-order valence-corrected chi connectivity index (χ1v) is 6.55. The molecule has 0 bridgehead atoms. The Labute approximate surface area is 100 Å². The molecule has 0 spiro atoms. The minimum absolute atomic E-state index is 0.417. The van der Waals surface area contributed by atoms with Gasteiger partial charge >= 0.3 is 0 Å². The molecule has 0 saturated heterocycles. The molecule has 0 heterocycles. The molecule has 0 aromatic carbocycles. The van der Waals surface area contributed by atoms with Gasteiger partial charge < -0.3 is 10.6 Å². The second-order valence-corrected chi connectivity index (χ2v) is 4.83. The summed E-state index contributed by atoms with van der Waals surface area (Å²) in [6.07, 6.45) is 5.15. The molecule has 90 valence electrons. The quantitative estimate of drug-likeness (QED) is 0.657. The van der Waals surface area contributed by atoms with Crippen LogP contribution in [0.4, 0.5) is 0 Å². The molecule has 0 aromatic rings. The van der Waals surface area contributed by atoms with Crippen molar-refractivity contribution in [3.63, 3.8) is 0 Å². The third-order valence-corrected chi connectivity index (χ3v) is 2.78. The van der Waals surface area contributed by atoms with Gasteiger partial charge in [-0.3, -0.25) is 0 Å². The number of unbranched alkanes of at least 4 members (excludes halogenated alkanes) is 1. The largest absolute Gasteiger partial charge is 0.362 e. The van der Waals surface area contributed by atoms with Crippen molar-refractivity contribution in [1.82, 2.24) is 10.6 Å². The molecule has 15 heavy (non-hydrogen) atoms. The topological polar surface area (TPSA) is 24.1 Å². The van der Waals surface area contributed by atoms with E-state index in [4.69, 9.17) is 12.2 Å². The van der Waals surface area contributed by atoms with Gasteiger partial charge in [0.05, 0.1) is 0 Å². The third-order valence-electron chi connectivity index (χ3n) is 2.51. The van der Waals surface area contributed by atoms with Crippen LogP contribution in [0.3, 0.4) is 0 Å². The lowest BCUT2D eigenvalue weighted by molar-refractivity contribution is 0.444. The first-order valence-electron chi connectivity index (χ1n) is 6.14. The van der Waals surface area contributed by atoms with Gasteiger partial charge in [-0.2, -0.15) is 0 Å². The van der Waals surface area contributed by atoms with Crippen molar-refractivity contribution in [1.29, 1.82) is 0 Å². The van der Waals surface area contributed by atoms with Crippen molar-refractivity contribution in [3.05, 3.63) is 0 Å². The van der Waals surface area contributed by atoms with Crippen LogP contribution in [-0.4, -0.2) is 17.7 Å². The summed E-state index contributed by atoms with van der Waals surface area (Å²) >= 11 is 5.19. The van der Waals surface area contributed by atoms with Gasteiger partial charge in [-0.05, 0) is 38.4 Å². The maximum Gasteiger partial charge on any atom is 0.166 e. The van der Waals surface area contributed by atoms with E-state index in [0.29, 0.717) is 6.04 Å². The summed E-state index contributed by atoms with van der Waals surface area (Å²) in [5.74, 6) is 0.761. The minimum atomic E-state index is 0.417. The summed E-state index contributed by atoms with van der Waals surface area (Å²) in [5, 5.41) is 7.28. The van der Waals surface area contributed by atoms with E-state index in [-0.39, 0.29) is 0 Å². The molecule has 0 saturated carbocycles. The molecule has 0 radical (unpaired) electrons. The second kappa shape index (κ2) is 8.96. The van der Waals surface area contributed by atoms with Gasteiger partial charge in [-0.15, -0.1) is 0 Å². The number of rotatable bonds is 7. The highest BCUT2D eigenvalue weighted by molar-refractivity contribution is 7.80. The monoisotopic (exact) mass is 230 g/mol. The summed E-state index contributed by atoms with van der Waals surface area (Å²) in [7, 11) is 0. The molecule has 0 amide bonds. The molecule has 0 aliphatic heterocycles. The van der Waals surface area contributed by atoms with Gasteiger partial charge in [0.15, 0.2) is 5.11 Å². The highest BCUT2D eigenvalue weighted by Gasteiger charge is 2.06. The Hall–Kier alpha value is -0.310. The zero-order valence-corrected chi connectivity index (χ0v) is 11.4. The normalized spacial score (nSPS) is 12.6. The SMILES string of the molecule is CCCCC(CC)CNC(=S)NC(C)C. The average molecular weight is 230 g/mol. The first kappa shape index (κ1) is 14.7. The number of nitrogens with one attached hydrogen (secondary N) is 2. The summed E-state index contributed by atoms with van der Waals surface area (Å²) in [5.41, 5.74) is 0. The Kier molecular flexibility index (Phi) is 8.77. The van der Waals surface area contributed by atoms with Crippen molar-refractivity contribution in [3.8, 4) is 0 Å². The average Bonchev–Trinajstić information content (AvgIpc) is 2.17. The van der Waals surface area contributed by atoms with E-state index >= 15 is 0 Å². The zero-order valence-electron chi connectivity index (χ0n) is 10.6. The standard InChI is InChI=1S/C12H26N2S/c1-5-7-8-11(6-2)9-13-12(15)14-10(3)4/h10-11H,5-9H2,1-4H3,(H2,13,14,15). The molecular weight excluding hydrogens is 204 g/mol. The van der Waals surface area contributed by atoms with Gasteiger partial charge in [0.1, 0.15) is 0 Å². The Morgan fingerprint density at radius 3 is 2.40 bits per heavy atom. The van der Waals surface area contributed by atoms with Crippen LogP contribution in [-0.2, 0) is 0 Å². The number of thiocarbonyl (C=S) groups is 1. The summed E-state index contributed by atoms with van der Waals surface area (Å²) < 4.78 is 0. The van der Waals surface area contributed by atoms with E-state index in [2.05, 4.69) is 38.3 Å². The molecule has 0 aromatic heterocycles. The van der Waals surface area contributed by atoms with Crippen LogP contribution in [0.2, 0.25) is 0 Å². The molecule has 3 heteroatoms. The van der Waals surface area contributed by atoms with Crippen LogP contribution < -0.4 is 10.6 Å². The molecular formula is C12H26N2S. The van der Waals surface area contributed by atoms with Gasteiger partial charge in [-0.1, -0.05) is 33.1 Å². The van der Waals surface area contributed by atoms with Crippen molar-refractivity contribution < 1.29 is 0 Å². The Bertz CT molecular complexity index is 169. The Balaban J connectivity index is 3.65. The Morgan fingerprint density at radius 2 is 1.93 bits per heavy atom. The molecule has 2 nitrogen and oxygen atoms in total. The van der Waals surface area contributed by atoms with Gasteiger partial charge in [-0.25, -0.2) is 0 Å². The minimum Gasteiger partial charge on any atom is -0.362 e. The van der Waals surface area contributed by atoms with Crippen molar-refractivity contribution in [2.24, 2.45) is 5.92 Å². The van der Waals surface area contributed by atoms with Crippen LogP contribution >= 0.6 is 12.2 Å². The van der Waals surface area contributed by atoms with Crippen LogP contribution in [0, 0.1) is 5.92 Å². The molecule has 2 N–H and O–H groups in total. The summed E-state index contributed by atoms with van der Waals surface area (Å²) in [6.45, 7) is 9.70. The molecule has 0 aliphatic carbocycles. The fraction of sp³-hybridized carbons (Fsp3) is 0.917. The zero-order chi connectivity index (χ0) is 11.7. The van der Waals surface area contributed by atoms with E-state index in [1.807, 2.05) is 0 Å². The van der Waals surface area contributed by atoms with Crippen molar-refractivity contribution >= 4 is 17.3 Å². The molecule has 1 unspecified atom stereocenters. The third kappa shape index (κ3) is 8.67. The van der Waals surface area contributed by atoms with E-state index in [1.54, 1.807) is 0 Å². The second-order valence-electron chi connectivity index (χ2n) is 4.43. The lowest BCUT2D eigenvalue weighted by Crippen LogP contribution is -2.41.